The first kappa shape index (κ1) is 17.6. The molecule has 1 aliphatic carbocycles. The van der Waals surface area contributed by atoms with E-state index in [0.29, 0.717) is 34.9 Å². The molecule has 1 saturated carbocycles. The highest BCUT2D eigenvalue weighted by Crippen LogP contribution is 2.50. The number of nitrogens with zero attached hydrogens (tertiary/aromatic N) is 2. The minimum absolute atomic E-state index is 0.243. The van der Waals surface area contributed by atoms with Crippen molar-refractivity contribution in [3.05, 3.63) is 64.9 Å². The zero-order valence-corrected chi connectivity index (χ0v) is 15.2. The summed E-state index contributed by atoms with van der Waals surface area (Å²) in [6.07, 6.45) is 2.73. The van der Waals surface area contributed by atoms with Gasteiger partial charge in [0.25, 0.3) is 0 Å². The van der Waals surface area contributed by atoms with Gasteiger partial charge in [-0.05, 0) is 67.0 Å². The molecule has 140 valence electrons. The number of rotatable bonds is 3. The van der Waals surface area contributed by atoms with Crippen molar-refractivity contribution in [1.82, 2.24) is 9.78 Å². The van der Waals surface area contributed by atoms with Gasteiger partial charge in [0, 0.05) is 12.4 Å². The van der Waals surface area contributed by atoms with E-state index in [2.05, 4.69) is 5.10 Å². The predicted molar refractivity (Wildman–Crippen MR) is 97.7 cm³/mol. The SMILES string of the molecule is Cc1c(F)cccc1C1(C(=O)O)CCC(c2cc3c(cnn3C)cc2F)C1. The van der Waals surface area contributed by atoms with E-state index < -0.39 is 17.2 Å². The predicted octanol–water partition coefficient (Wildman–Crippen LogP) is 4.45. The van der Waals surface area contributed by atoms with Gasteiger partial charge in [0.05, 0.1) is 17.1 Å². The Kier molecular flexibility index (Phi) is 4.02. The van der Waals surface area contributed by atoms with Crippen LogP contribution in [0.2, 0.25) is 0 Å². The molecule has 2 unspecified atom stereocenters. The zero-order chi connectivity index (χ0) is 19.3. The number of halogens is 2. The molecular formula is C21H20F2N2O2. The molecule has 0 amide bonds. The average molecular weight is 370 g/mol. The van der Waals surface area contributed by atoms with Crippen molar-refractivity contribution in [3.63, 3.8) is 0 Å². The molecule has 0 saturated heterocycles. The number of fused-ring (bicyclic) bond motifs is 1. The number of aromatic nitrogens is 2. The molecule has 4 nitrogen and oxygen atoms in total. The van der Waals surface area contributed by atoms with Gasteiger partial charge in [-0.1, -0.05) is 12.1 Å². The van der Waals surface area contributed by atoms with Crippen molar-refractivity contribution in [1.29, 1.82) is 0 Å². The van der Waals surface area contributed by atoms with Gasteiger partial charge in [0.2, 0.25) is 0 Å². The van der Waals surface area contributed by atoms with Crippen molar-refractivity contribution in [2.45, 2.75) is 37.5 Å². The highest BCUT2D eigenvalue weighted by molar-refractivity contribution is 5.83. The van der Waals surface area contributed by atoms with Crippen molar-refractivity contribution in [3.8, 4) is 0 Å². The van der Waals surface area contributed by atoms with Crippen LogP contribution >= 0.6 is 0 Å². The number of carbonyl (C=O) groups is 1. The van der Waals surface area contributed by atoms with Crippen molar-refractivity contribution >= 4 is 16.9 Å². The van der Waals surface area contributed by atoms with E-state index >= 15 is 0 Å². The fourth-order valence-corrected chi connectivity index (χ4v) is 4.49. The summed E-state index contributed by atoms with van der Waals surface area (Å²) in [5.41, 5.74) is 0.942. The van der Waals surface area contributed by atoms with Crippen LogP contribution in [0.3, 0.4) is 0 Å². The quantitative estimate of drug-likeness (QED) is 0.741. The third-order valence-corrected chi connectivity index (χ3v) is 6.01. The molecule has 0 spiro atoms. The number of carboxylic acids is 1. The van der Waals surface area contributed by atoms with E-state index in [-0.39, 0.29) is 18.2 Å². The third-order valence-electron chi connectivity index (χ3n) is 6.01. The van der Waals surface area contributed by atoms with Gasteiger partial charge in [-0.3, -0.25) is 9.48 Å². The molecule has 1 N–H and O–H groups in total. The lowest BCUT2D eigenvalue weighted by Gasteiger charge is -2.27. The first-order valence-electron chi connectivity index (χ1n) is 8.93. The lowest BCUT2D eigenvalue weighted by atomic mass is 9.75. The Morgan fingerprint density at radius 2 is 2.07 bits per heavy atom. The van der Waals surface area contributed by atoms with Gasteiger partial charge in [0.15, 0.2) is 0 Å². The summed E-state index contributed by atoms with van der Waals surface area (Å²) in [5, 5.41) is 14.9. The van der Waals surface area contributed by atoms with Crippen LogP contribution in [-0.4, -0.2) is 20.9 Å². The normalized spacial score (nSPS) is 22.4. The molecule has 1 fully saturated rings. The van der Waals surface area contributed by atoms with Gasteiger partial charge in [-0.25, -0.2) is 8.78 Å². The summed E-state index contributed by atoms with van der Waals surface area (Å²) in [6, 6.07) is 7.76. The lowest BCUT2D eigenvalue weighted by molar-refractivity contribution is -0.143. The van der Waals surface area contributed by atoms with Gasteiger partial charge < -0.3 is 5.11 Å². The van der Waals surface area contributed by atoms with Crippen LogP contribution in [-0.2, 0) is 17.3 Å². The van der Waals surface area contributed by atoms with E-state index in [1.807, 2.05) is 0 Å². The second kappa shape index (κ2) is 6.15. The molecule has 0 aliphatic heterocycles. The topological polar surface area (TPSA) is 55.1 Å². The van der Waals surface area contributed by atoms with Crippen LogP contribution in [0.4, 0.5) is 8.78 Å². The van der Waals surface area contributed by atoms with Crippen LogP contribution in [0.25, 0.3) is 10.9 Å². The number of benzene rings is 2. The van der Waals surface area contributed by atoms with Gasteiger partial charge in [0.1, 0.15) is 11.6 Å². The van der Waals surface area contributed by atoms with Crippen LogP contribution < -0.4 is 0 Å². The Bertz CT molecular complexity index is 1060. The molecule has 27 heavy (non-hydrogen) atoms. The Labute approximate surface area is 155 Å². The molecule has 6 heteroatoms. The summed E-state index contributed by atoms with van der Waals surface area (Å²) in [5.74, 6) is -2.00. The molecular weight excluding hydrogens is 350 g/mol. The largest absolute Gasteiger partial charge is 0.481 e. The number of hydrogen-bond donors (Lipinski definition) is 1. The lowest BCUT2D eigenvalue weighted by Crippen LogP contribution is -2.34. The summed E-state index contributed by atoms with van der Waals surface area (Å²) < 4.78 is 30.5. The van der Waals surface area contributed by atoms with Crippen molar-refractivity contribution in [2.75, 3.05) is 0 Å². The molecule has 0 bridgehead atoms. The molecule has 2 aromatic carbocycles. The molecule has 2 atom stereocenters. The maximum atomic E-state index is 14.7. The fourth-order valence-electron chi connectivity index (χ4n) is 4.49. The Hall–Kier alpha value is -2.76. The van der Waals surface area contributed by atoms with E-state index in [1.54, 1.807) is 37.0 Å². The van der Waals surface area contributed by atoms with E-state index in [9.17, 15) is 18.7 Å². The summed E-state index contributed by atoms with van der Waals surface area (Å²) in [7, 11) is 1.79. The van der Waals surface area contributed by atoms with Crippen molar-refractivity contribution < 1.29 is 18.7 Å². The molecule has 1 aromatic heterocycles. The highest BCUT2D eigenvalue weighted by Gasteiger charge is 2.48. The number of aryl methyl sites for hydroxylation is 1. The molecule has 4 rings (SSSR count). The second-order valence-corrected chi connectivity index (χ2v) is 7.44. The van der Waals surface area contributed by atoms with Gasteiger partial charge in [-0.15, -0.1) is 0 Å². The zero-order valence-electron chi connectivity index (χ0n) is 15.2. The second-order valence-electron chi connectivity index (χ2n) is 7.44. The smallest absolute Gasteiger partial charge is 0.314 e. The number of hydrogen-bond acceptors (Lipinski definition) is 2. The molecule has 0 radical (unpaired) electrons. The summed E-state index contributed by atoms with van der Waals surface area (Å²) in [6.45, 7) is 1.60. The van der Waals surface area contributed by atoms with Gasteiger partial charge in [-0.2, -0.15) is 5.10 Å². The Balaban J connectivity index is 1.79. The molecule has 1 aliphatic rings. The highest BCUT2D eigenvalue weighted by atomic mass is 19.1. The summed E-state index contributed by atoms with van der Waals surface area (Å²) in [4.78, 5) is 12.2. The standard InChI is InChI=1S/C21H20F2N2O2/c1-12-16(4-3-5-17(12)22)21(20(26)27)7-6-13(10-21)15-9-19-14(8-18(15)23)11-24-25(19)2/h3-5,8-9,11,13H,6-7,10H2,1-2H3,(H,26,27). The Morgan fingerprint density at radius 3 is 2.81 bits per heavy atom. The number of aliphatic carboxylic acids is 1. The van der Waals surface area contributed by atoms with Crippen LogP contribution in [0.1, 0.15) is 41.9 Å². The number of carboxylic acid groups (broad SMARTS) is 1. The van der Waals surface area contributed by atoms with Gasteiger partial charge >= 0.3 is 5.97 Å². The minimum Gasteiger partial charge on any atom is -0.481 e. The van der Waals surface area contributed by atoms with Crippen LogP contribution in [0.15, 0.2) is 36.5 Å². The Morgan fingerprint density at radius 1 is 1.30 bits per heavy atom. The van der Waals surface area contributed by atoms with Crippen LogP contribution in [0.5, 0.6) is 0 Å². The molecule has 3 aromatic rings. The molecule has 1 heterocycles. The van der Waals surface area contributed by atoms with Crippen molar-refractivity contribution in [2.24, 2.45) is 7.05 Å². The monoisotopic (exact) mass is 370 g/mol. The van der Waals surface area contributed by atoms with E-state index in [0.717, 1.165) is 5.52 Å². The first-order valence-corrected chi connectivity index (χ1v) is 8.93. The maximum Gasteiger partial charge on any atom is 0.314 e. The van der Waals surface area contributed by atoms with Crippen LogP contribution in [0, 0.1) is 18.6 Å². The maximum absolute atomic E-state index is 14.7. The fraction of sp³-hybridized carbons (Fsp3) is 0.333. The van der Waals surface area contributed by atoms with E-state index in [1.165, 1.54) is 18.2 Å². The third kappa shape index (κ3) is 2.62. The first-order chi connectivity index (χ1) is 12.8. The minimum atomic E-state index is -1.20. The van der Waals surface area contributed by atoms with E-state index in [4.69, 9.17) is 0 Å². The average Bonchev–Trinajstić information content (AvgIpc) is 3.22. The summed E-state index contributed by atoms with van der Waals surface area (Å²) >= 11 is 0.